The van der Waals surface area contributed by atoms with Crippen LogP contribution in [0.3, 0.4) is 0 Å². The fourth-order valence-electron chi connectivity index (χ4n) is 2.16. The second-order valence-corrected chi connectivity index (χ2v) is 6.32. The lowest BCUT2D eigenvalue weighted by Gasteiger charge is -2.34. The van der Waals surface area contributed by atoms with E-state index in [0.717, 1.165) is 23.2 Å². The molecule has 1 aromatic heterocycles. The van der Waals surface area contributed by atoms with E-state index in [4.69, 9.17) is 4.74 Å². The van der Waals surface area contributed by atoms with Crippen LogP contribution in [-0.4, -0.2) is 59.4 Å². The maximum Gasteiger partial charge on any atom is 0.239 e. The predicted octanol–water partition coefficient (Wildman–Crippen LogP) is 0.695. The van der Waals surface area contributed by atoms with E-state index in [1.165, 1.54) is 11.3 Å². The number of carbonyl (C=O) groups is 1. The van der Waals surface area contributed by atoms with Crippen LogP contribution in [0.15, 0.2) is 0 Å². The molecule has 0 bridgehead atoms. The lowest BCUT2D eigenvalue weighted by molar-refractivity contribution is -0.133. The number of aromatic nitrogens is 2. The molecule has 2 rings (SSSR count). The van der Waals surface area contributed by atoms with Crippen molar-refractivity contribution in [2.75, 3.05) is 31.6 Å². The van der Waals surface area contributed by atoms with Crippen molar-refractivity contribution >= 4 is 22.4 Å². The lowest BCUT2D eigenvalue weighted by atomic mass is 10.2. The molecular formula is C13H23N5O2S. The van der Waals surface area contributed by atoms with Gasteiger partial charge in [0, 0.05) is 19.1 Å². The Bertz CT molecular complexity index is 465. The van der Waals surface area contributed by atoms with Gasteiger partial charge in [-0.15, -0.1) is 10.2 Å². The fourth-order valence-corrected chi connectivity index (χ4v) is 3.00. The van der Waals surface area contributed by atoms with Crippen LogP contribution in [0.4, 0.5) is 5.13 Å². The van der Waals surface area contributed by atoms with E-state index in [1.54, 1.807) is 0 Å². The van der Waals surface area contributed by atoms with Crippen molar-refractivity contribution in [2.45, 2.75) is 39.4 Å². The maximum atomic E-state index is 12.2. The molecule has 0 aromatic carbocycles. The summed E-state index contributed by atoms with van der Waals surface area (Å²) in [5, 5.41) is 16.1. The van der Waals surface area contributed by atoms with Gasteiger partial charge in [-0.2, -0.15) is 0 Å². The zero-order valence-electron chi connectivity index (χ0n) is 12.8. The molecule has 1 saturated heterocycles. The van der Waals surface area contributed by atoms with Gasteiger partial charge in [-0.3, -0.25) is 9.69 Å². The Morgan fingerprint density at radius 2 is 2.33 bits per heavy atom. The third-order valence-corrected chi connectivity index (χ3v) is 3.97. The first-order valence-electron chi connectivity index (χ1n) is 7.28. The molecule has 0 spiro atoms. The van der Waals surface area contributed by atoms with Crippen LogP contribution in [0, 0.1) is 0 Å². The summed E-state index contributed by atoms with van der Waals surface area (Å²) in [5.41, 5.74) is 0. The molecule has 1 aliphatic rings. The molecule has 2 heterocycles. The van der Waals surface area contributed by atoms with Crippen molar-refractivity contribution in [3.63, 3.8) is 0 Å². The van der Waals surface area contributed by atoms with E-state index in [1.807, 2.05) is 20.8 Å². The van der Waals surface area contributed by atoms with Gasteiger partial charge >= 0.3 is 0 Å². The van der Waals surface area contributed by atoms with Crippen LogP contribution < -0.4 is 10.6 Å². The summed E-state index contributed by atoms with van der Waals surface area (Å²) in [5.74, 6) is 0.0149. The molecule has 1 amide bonds. The highest BCUT2D eigenvalue weighted by atomic mass is 32.1. The highest BCUT2D eigenvalue weighted by molar-refractivity contribution is 7.15. The molecule has 118 valence electrons. The minimum atomic E-state index is -0.257. The van der Waals surface area contributed by atoms with Gasteiger partial charge < -0.3 is 15.4 Å². The number of ether oxygens (including phenoxy) is 1. The minimum Gasteiger partial charge on any atom is -0.378 e. The first-order valence-corrected chi connectivity index (χ1v) is 8.10. The highest BCUT2D eigenvalue weighted by Gasteiger charge is 2.30. The summed E-state index contributed by atoms with van der Waals surface area (Å²) in [6, 6.07) is -0.129. The van der Waals surface area contributed by atoms with Gasteiger partial charge in [0.25, 0.3) is 0 Å². The van der Waals surface area contributed by atoms with Gasteiger partial charge in [0.2, 0.25) is 11.0 Å². The van der Waals surface area contributed by atoms with Crippen molar-refractivity contribution in [2.24, 2.45) is 0 Å². The molecule has 2 N–H and O–H groups in total. The van der Waals surface area contributed by atoms with Crippen molar-refractivity contribution < 1.29 is 9.53 Å². The van der Waals surface area contributed by atoms with E-state index in [-0.39, 0.29) is 18.0 Å². The Balaban J connectivity index is 1.99. The molecule has 7 nitrogen and oxygen atoms in total. The molecule has 1 aromatic rings. The molecule has 0 saturated carbocycles. The maximum absolute atomic E-state index is 12.2. The topological polar surface area (TPSA) is 79.4 Å². The minimum absolute atomic E-state index is 0.0149. The molecule has 1 fully saturated rings. The molecule has 1 atom stereocenters. The van der Waals surface area contributed by atoms with Gasteiger partial charge in [-0.05, 0) is 20.8 Å². The molecule has 0 aliphatic carbocycles. The lowest BCUT2D eigenvalue weighted by Crippen LogP contribution is -2.54. The number of hydrogen-bond acceptors (Lipinski definition) is 7. The number of hydrogen-bond donors (Lipinski definition) is 2. The van der Waals surface area contributed by atoms with Crippen LogP contribution in [0.25, 0.3) is 0 Å². The van der Waals surface area contributed by atoms with Crippen LogP contribution in [0.1, 0.15) is 25.8 Å². The van der Waals surface area contributed by atoms with Crippen LogP contribution in [0.5, 0.6) is 0 Å². The summed E-state index contributed by atoms with van der Waals surface area (Å²) in [6.45, 7) is 9.19. The molecular weight excluding hydrogens is 290 g/mol. The Labute approximate surface area is 129 Å². The van der Waals surface area contributed by atoms with Gasteiger partial charge in [0.15, 0.2) is 0 Å². The summed E-state index contributed by atoms with van der Waals surface area (Å²) in [6.07, 6.45) is 0. The monoisotopic (exact) mass is 313 g/mol. The van der Waals surface area contributed by atoms with Crippen molar-refractivity contribution in [3.8, 4) is 0 Å². The van der Waals surface area contributed by atoms with Crippen LogP contribution in [0.2, 0.25) is 0 Å². The predicted molar refractivity (Wildman–Crippen MR) is 82.4 cm³/mol. The molecule has 8 heteroatoms. The Kier molecular flexibility index (Phi) is 5.89. The smallest absolute Gasteiger partial charge is 0.239 e. The summed E-state index contributed by atoms with van der Waals surface area (Å²) < 4.78 is 5.45. The van der Waals surface area contributed by atoms with Crippen LogP contribution >= 0.6 is 11.3 Å². The third kappa shape index (κ3) is 4.62. The largest absolute Gasteiger partial charge is 0.378 e. The van der Waals surface area contributed by atoms with E-state index in [9.17, 15) is 4.79 Å². The fraction of sp³-hybridized carbons (Fsp3) is 0.769. The number of rotatable bonds is 6. The molecule has 0 radical (unpaired) electrons. The zero-order valence-corrected chi connectivity index (χ0v) is 13.6. The average molecular weight is 313 g/mol. The first kappa shape index (κ1) is 16.1. The normalized spacial score (nSPS) is 19.7. The standard InChI is InChI=1S/C13H23N5O2S/c1-4-14-13-17-16-11(21-13)7-18-5-6-20-8-10(18)12(19)15-9(2)3/h9-10H,4-8H2,1-3H3,(H,14,17)(H,15,19). The van der Waals surface area contributed by atoms with E-state index in [2.05, 4.69) is 25.7 Å². The van der Waals surface area contributed by atoms with Gasteiger partial charge in [-0.1, -0.05) is 11.3 Å². The summed E-state index contributed by atoms with van der Waals surface area (Å²) >= 11 is 1.53. The van der Waals surface area contributed by atoms with Crippen LogP contribution in [-0.2, 0) is 16.1 Å². The van der Waals surface area contributed by atoms with Gasteiger partial charge in [0.05, 0.1) is 19.8 Å². The van der Waals surface area contributed by atoms with Crippen molar-refractivity contribution in [3.05, 3.63) is 5.01 Å². The van der Waals surface area contributed by atoms with E-state index >= 15 is 0 Å². The van der Waals surface area contributed by atoms with Gasteiger partial charge in [-0.25, -0.2) is 0 Å². The summed E-state index contributed by atoms with van der Waals surface area (Å²) in [7, 11) is 0. The molecule has 1 aliphatic heterocycles. The number of nitrogens with zero attached hydrogens (tertiary/aromatic N) is 3. The second kappa shape index (κ2) is 7.67. The number of carbonyl (C=O) groups excluding carboxylic acids is 1. The summed E-state index contributed by atoms with van der Waals surface area (Å²) in [4.78, 5) is 14.3. The van der Waals surface area contributed by atoms with Gasteiger partial charge in [0.1, 0.15) is 11.0 Å². The third-order valence-electron chi connectivity index (χ3n) is 3.11. The van der Waals surface area contributed by atoms with E-state index < -0.39 is 0 Å². The Hall–Kier alpha value is -1.25. The first-order chi connectivity index (χ1) is 10.1. The Morgan fingerprint density at radius 1 is 1.52 bits per heavy atom. The number of anilines is 1. The average Bonchev–Trinajstić information content (AvgIpc) is 2.86. The van der Waals surface area contributed by atoms with Crippen molar-refractivity contribution in [1.29, 1.82) is 0 Å². The highest BCUT2D eigenvalue weighted by Crippen LogP contribution is 2.19. The SMILES string of the molecule is CCNc1nnc(CN2CCOCC2C(=O)NC(C)C)s1. The number of amides is 1. The van der Waals surface area contributed by atoms with E-state index in [0.29, 0.717) is 19.8 Å². The second-order valence-electron chi connectivity index (χ2n) is 5.26. The Morgan fingerprint density at radius 3 is 3.05 bits per heavy atom. The molecule has 1 unspecified atom stereocenters. The number of morpholine rings is 1. The number of nitrogens with one attached hydrogen (secondary N) is 2. The van der Waals surface area contributed by atoms with Crippen molar-refractivity contribution in [1.82, 2.24) is 20.4 Å². The quantitative estimate of drug-likeness (QED) is 0.805. The molecule has 21 heavy (non-hydrogen) atoms. The zero-order chi connectivity index (χ0) is 15.2.